The van der Waals surface area contributed by atoms with E-state index in [1.807, 2.05) is 0 Å². The van der Waals surface area contributed by atoms with Gasteiger partial charge in [0, 0.05) is 26.3 Å². The predicted octanol–water partition coefficient (Wildman–Crippen LogP) is 1.78. The molecule has 2 fully saturated rings. The predicted molar refractivity (Wildman–Crippen MR) is 71.2 cm³/mol. The topological polar surface area (TPSA) is 33.3 Å². The molecule has 0 aromatic heterocycles. The minimum atomic E-state index is 0.465. The molecule has 3 heteroatoms. The summed E-state index contributed by atoms with van der Waals surface area (Å²) in [5, 5.41) is 7.07. The first-order chi connectivity index (χ1) is 8.29. The third-order valence-corrected chi connectivity index (χ3v) is 3.93. The third-order valence-electron chi connectivity index (χ3n) is 3.93. The normalized spacial score (nSPS) is 29.5. The van der Waals surface area contributed by atoms with Gasteiger partial charge >= 0.3 is 0 Å². The molecule has 0 radical (unpaired) electrons. The molecular weight excluding hydrogens is 212 g/mol. The Morgan fingerprint density at radius 3 is 3.00 bits per heavy atom. The average Bonchev–Trinajstić information content (AvgIpc) is 3.13. The Morgan fingerprint density at radius 2 is 2.29 bits per heavy atom. The van der Waals surface area contributed by atoms with Gasteiger partial charge in [-0.2, -0.15) is 0 Å². The monoisotopic (exact) mass is 240 g/mol. The molecule has 0 bridgehead atoms. The first-order valence-corrected chi connectivity index (χ1v) is 7.28. The quantitative estimate of drug-likeness (QED) is 0.635. The zero-order valence-corrected chi connectivity index (χ0v) is 11.3. The molecule has 100 valence electrons. The zero-order valence-electron chi connectivity index (χ0n) is 11.3. The van der Waals surface area contributed by atoms with Crippen LogP contribution in [-0.2, 0) is 4.74 Å². The van der Waals surface area contributed by atoms with E-state index in [-0.39, 0.29) is 0 Å². The molecule has 1 heterocycles. The van der Waals surface area contributed by atoms with E-state index in [0.717, 1.165) is 45.2 Å². The minimum absolute atomic E-state index is 0.465. The summed E-state index contributed by atoms with van der Waals surface area (Å²) >= 11 is 0. The molecule has 1 unspecified atom stereocenters. The van der Waals surface area contributed by atoms with Crippen LogP contribution in [0.2, 0.25) is 0 Å². The Kier molecular flexibility index (Phi) is 5.26. The minimum Gasteiger partial charge on any atom is -0.381 e. The summed E-state index contributed by atoms with van der Waals surface area (Å²) in [7, 11) is 0. The molecule has 1 saturated heterocycles. The molecular formula is C14H28N2O. The van der Waals surface area contributed by atoms with Crippen LogP contribution in [-0.4, -0.2) is 39.4 Å². The molecule has 1 aliphatic carbocycles. The summed E-state index contributed by atoms with van der Waals surface area (Å²) in [5.74, 6) is 0.898. The molecule has 3 nitrogen and oxygen atoms in total. The molecule has 0 spiro atoms. The lowest BCUT2D eigenvalue weighted by Crippen LogP contribution is -2.44. The Hall–Kier alpha value is -0.120. The van der Waals surface area contributed by atoms with E-state index >= 15 is 0 Å². The molecule has 2 rings (SSSR count). The highest BCUT2D eigenvalue weighted by Gasteiger charge is 2.25. The first-order valence-electron chi connectivity index (χ1n) is 7.28. The van der Waals surface area contributed by atoms with E-state index in [1.165, 1.54) is 32.2 Å². The van der Waals surface area contributed by atoms with E-state index in [4.69, 9.17) is 4.74 Å². The van der Waals surface area contributed by atoms with Crippen LogP contribution in [0.15, 0.2) is 0 Å². The standard InChI is InChI=1S/C14H28N2O/c1-14(6-2-7-15-11-14)12-16-8-3-9-17-10-13-4-5-13/h13,15-16H,2-12H2,1H3. The molecule has 1 saturated carbocycles. The smallest absolute Gasteiger partial charge is 0.0494 e. The van der Waals surface area contributed by atoms with Gasteiger partial charge in [-0.15, -0.1) is 0 Å². The number of rotatable bonds is 8. The highest BCUT2D eigenvalue weighted by atomic mass is 16.5. The number of piperidine rings is 1. The maximum absolute atomic E-state index is 5.62. The summed E-state index contributed by atoms with van der Waals surface area (Å²) in [5.41, 5.74) is 0.465. The number of nitrogens with one attached hydrogen (secondary N) is 2. The van der Waals surface area contributed by atoms with E-state index in [2.05, 4.69) is 17.6 Å². The van der Waals surface area contributed by atoms with E-state index < -0.39 is 0 Å². The van der Waals surface area contributed by atoms with Crippen molar-refractivity contribution < 1.29 is 4.74 Å². The van der Waals surface area contributed by atoms with Crippen molar-refractivity contribution in [1.82, 2.24) is 10.6 Å². The van der Waals surface area contributed by atoms with Crippen molar-refractivity contribution >= 4 is 0 Å². The van der Waals surface area contributed by atoms with Gasteiger partial charge in [0.25, 0.3) is 0 Å². The van der Waals surface area contributed by atoms with Gasteiger partial charge in [0.2, 0.25) is 0 Å². The number of hydrogen-bond donors (Lipinski definition) is 2. The van der Waals surface area contributed by atoms with Gasteiger partial charge in [-0.1, -0.05) is 6.92 Å². The van der Waals surface area contributed by atoms with Gasteiger partial charge in [-0.25, -0.2) is 0 Å². The van der Waals surface area contributed by atoms with Crippen molar-refractivity contribution in [2.24, 2.45) is 11.3 Å². The van der Waals surface area contributed by atoms with Crippen LogP contribution in [0.4, 0.5) is 0 Å². The molecule has 1 aliphatic heterocycles. The van der Waals surface area contributed by atoms with E-state index in [0.29, 0.717) is 5.41 Å². The van der Waals surface area contributed by atoms with Gasteiger partial charge in [0.15, 0.2) is 0 Å². The van der Waals surface area contributed by atoms with Gasteiger partial charge in [-0.05, 0) is 56.5 Å². The maximum Gasteiger partial charge on any atom is 0.0494 e. The molecule has 17 heavy (non-hydrogen) atoms. The Morgan fingerprint density at radius 1 is 1.41 bits per heavy atom. The Labute approximate surface area is 106 Å². The molecule has 2 aliphatic rings. The summed E-state index contributed by atoms with van der Waals surface area (Å²) in [6.45, 7) is 8.92. The molecule has 0 aromatic rings. The summed E-state index contributed by atoms with van der Waals surface area (Å²) < 4.78 is 5.62. The third kappa shape index (κ3) is 5.36. The fourth-order valence-corrected chi connectivity index (χ4v) is 2.49. The second kappa shape index (κ2) is 6.72. The van der Waals surface area contributed by atoms with E-state index in [9.17, 15) is 0 Å². The van der Waals surface area contributed by atoms with Crippen LogP contribution in [0, 0.1) is 11.3 Å². The second-order valence-corrected chi connectivity index (χ2v) is 6.14. The lowest BCUT2D eigenvalue weighted by atomic mass is 9.83. The van der Waals surface area contributed by atoms with Crippen LogP contribution in [0.1, 0.15) is 39.0 Å². The fraction of sp³-hybridized carbons (Fsp3) is 1.00. The van der Waals surface area contributed by atoms with Crippen molar-refractivity contribution in [1.29, 1.82) is 0 Å². The highest BCUT2D eigenvalue weighted by Crippen LogP contribution is 2.28. The lowest BCUT2D eigenvalue weighted by Gasteiger charge is -2.34. The number of ether oxygens (including phenoxy) is 1. The van der Waals surface area contributed by atoms with Gasteiger partial charge in [-0.3, -0.25) is 0 Å². The lowest BCUT2D eigenvalue weighted by molar-refractivity contribution is 0.121. The van der Waals surface area contributed by atoms with Gasteiger partial charge in [0.1, 0.15) is 0 Å². The van der Waals surface area contributed by atoms with Crippen LogP contribution >= 0.6 is 0 Å². The zero-order chi connectivity index (χ0) is 12.0. The first kappa shape index (κ1) is 13.3. The molecule has 1 atom stereocenters. The van der Waals surface area contributed by atoms with Crippen molar-refractivity contribution in [3.63, 3.8) is 0 Å². The molecule has 0 aromatic carbocycles. The highest BCUT2D eigenvalue weighted by molar-refractivity contribution is 4.83. The van der Waals surface area contributed by atoms with Gasteiger partial charge in [0.05, 0.1) is 0 Å². The fourth-order valence-electron chi connectivity index (χ4n) is 2.49. The van der Waals surface area contributed by atoms with Crippen molar-refractivity contribution in [3.8, 4) is 0 Å². The van der Waals surface area contributed by atoms with Crippen LogP contribution < -0.4 is 10.6 Å². The van der Waals surface area contributed by atoms with Crippen molar-refractivity contribution in [3.05, 3.63) is 0 Å². The summed E-state index contributed by atoms with van der Waals surface area (Å²) in [6.07, 6.45) is 6.61. The maximum atomic E-state index is 5.62. The van der Waals surface area contributed by atoms with Crippen LogP contribution in [0.3, 0.4) is 0 Å². The molecule has 2 N–H and O–H groups in total. The Bertz CT molecular complexity index is 210. The largest absolute Gasteiger partial charge is 0.381 e. The molecule has 0 amide bonds. The van der Waals surface area contributed by atoms with Crippen LogP contribution in [0.5, 0.6) is 0 Å². The number of hydrogen-bond acceptors (Lipinski definition) is 3. The van der Waals surface area contributed by atoms with E-state index in [1.54, 1.807) is 0 Å². The summed E-state index contributed by atoms with van der Waals surface area (Å²) in [6, 6.07) is 0. The van der Waals surface area contributed by atoms with Crippen molar-refractivity contribution in [2.75, 3.05) is 39.4 Å². The SMILES string of the molecule is CC1(CNCCCOCC2CC2)CCCNC1. The Balaban J connectivity index is 1.41. The van der Waals surface area contributed by atoms with Crippen LogP contribution in [0.25, 0.3) is 0 Å². The summed E-state index contributed by atoms with van der Waals surface area (Å²) in [4.78, 5) is 0. The van der Waals surface area contributed by atoms with Crippen molar-refractivity contribution in [2.45, 2.75) is 39.0 Å². The van der Waals surface area contributed by atoms with Gasteiger partial charge < -0.3 is 15.4 Å². The average molecular weight is 240 g/mol. The second-order valence-electron chi connectivity index (χ2n) is 6.14.